The first-order valence-electron chi connectivity index (χ1n) is 6.12. The summed E-state index contributed by atoms with van der Waals surface area (Å²) in [5, 5.41) is 5.06. The van der Waals surface area contributed by atoms with Crippen molar-refractivity contribution in [2.75, 3.05) is 0 Å². The van der Waals surface area contributed by atoms with E-state index in [2.05, 4.69) is 28.0 Å². The van der Waals surface area contributed by atoms with Gasteiger partial charge in [0.05, 0.1) is 20.9 Å². The van der Waals surface area contributed by atoms with E-state index in [0.717, 1.165) is 27.8 Å². The molecule has 19 heavy (non-hydrogen) atoms. The highest BCUT2D eigenvalue weighted by Gasteiger charge is 2.13. The normalized spacial score (nSPS) is 10.8. The molecule has 0 saturated heterocycles. The minimum Gasteiger partial charge on any atom is -0.486 e. The Morgan fingerprint density at radius 2 is 2.16 bits per heavy atom. The third-order valence-corrected chi connectivity index (χ3v) is 4.18. The number of aromatic nitrogens is 2. The molecule has 0 aliphatic carbocycles. The summed E-state index contributed by atoms with van der Waals surface area (Å²) in [6.45, 7) is 4.53. The zero-order valence-electron chi connectivity index (χ0n) is 11.2. The maximum Gasteiger partial charge on any atom is 0.138 e. The van der Waals surface area contributed by atoms with E-state index in [4.69, 9.17) is 16.3 Å². The van der Waals surface area contributed by atoms with E-state index < -0.39 is 0 Å². The molecule has 0 N–H and O–H groups in total. The van der Waals surface area contributed by atoms with Crippen LogP contribution < -0.4 is 4.74 Å². The molecule has 0 radical (unpaired) electrons. The number of hydrogen-bond donors (Lipinski definition) is 0. The van der Waals surface area contributed by atoms with Gasteiger partial charge < -0.3 is 4.74 Å². The Morgan fingerprint density at radius 1 is 1.42 bits per heavy atom. The van der Waals surface area contributed by atoms with Crippen LogP contribution in [0.25, 0.3) is 0 Å². The first kappa shape index (κ1) is 14.4. The number of aryl methyl sites for hydroxylation is 3. The summed E-state index contributed by atoms with van der Waals surface area (Å²) < 4.78 is 8.66. The number of hydrogen-bond acceptors (Lipinski definition) is 2. The third-order valence-electron chi connectivity index (χ3n) is 2.95. The highest BCUT2D eigenvalue weighted by atomic mass is 79.9. The maximum absolute atomic E-state index is 6.12. The molecule has 1 aromatic carbocycles. The minimum atomic E-state index is 0.438. The summed E-state index contributed by atoms with van der Waals surface area (Å²) >= 11 is 9.69. The molecule has 102 valence electrons. The Morgan fingerprint density at radius 3 is 2.79 bits per heavy atom. The number of halogens is 2. The van der Waals surface area contributed by atoms with Crippen LogP contribution in [0, 0.1) is 6.92 Å². The van der Waals surface area contributed by atoms with E-state index in [1.54, 1.807) is 0 Å². The van der Waals surface area contributed by atoms with Gasteiger partial charge in [-0.25, -0.2) is 0 Å². The van der Waals surface area contributed by atoms with Crippen molar-refractivity contribution >= 4 is 27.5 Å². The molecule has 2 rings (SSSR count). The van der Waals surface area contributed by atoms with Crippen LogP contribution in [-0.4, -0.2) is 9.78 Å². The van der Waals surface area contributed by atoms with Crippen molar-refractivity contribution in [2.24, 2.45) is 7.05 Å². The molecule has 0 unspecified atom stereocenters. The molecular weight excluding hydrogens is 328 g/mol. The second kappa shape index (κ2) is 5.97. The summed E-state index contributed by atoms with van der Waals surface area (Å²) in [7, 11) is 1.92. The Bertz CT molecular complexity index is 595. The van der Waals surface area contributed by atoms with Crippen LogP contribution >= 0.6 is 27.5 Å². The molecule has 0 spiro atoms. The van der Waals surface area contributed by atoms with Crippen molar-refractivity contribution < 1.29 is 4.74 Å². The number of rotatable bonds is 4. The third kappa shape index (κ3) is 3.12. The van der Waals surface area contributed by atoms with Gasteiger partial charge in [0.25, 0.3) is 0 Å². The lowest BCUT2D eigenvalue weighted by molar-refractivity contribution is 0.294. The summed E-state index contributed by atoms with van der Waals surface area (Å²) in [5.41, 5.74) is 3.17. The van der Waals surface area contributed by atoms with Gasteiger partial charge in [-0.2, -0.15) is 5.10 Å². The molecule has 0 amide bonds. The van der Waals surface area contributed by atoms with Crippen LogP contribution in [0.3, 0.4) is 0 Å². The largest absolute Gasteiger partial charge is 0.486 e. The van der Waals surface area contributed by atoms with Gasteiger partial charge in [-0.1, -0.05) is 24.6 Å². The average Bonchev–Trinajstić information content (AvgIpc) is 2.66. The Labute approximate surface area is 126 Å². The fourth-order valence-corrected chi connectivity index (χ4v) is 2.75. The fraction of sp³-hybridized carbons (Fsp3) is 0.357. The van der Waals surface area contributed by atoms with Crippen molar-refractivity contribution in [3.8, 4) is 5.75 Å². The Kier molecular flexibility index (Phi) is 4.53. The van der Waals surface area contributed by atoms with Crippen molar-refractivity contribution in [3.63, 3.8) is 0 Å². The summed E-state index contributed by atoms with van der Waals surface area (Å²) in [6.07, 6.45) is 0.889. The lowest BCUT2D eigenvalue weighted by Gasteiger charge is -2.09. The first-order chi connectivity index (χ1) is 9.02. The van der Waals surface area contributed by atoms with Crippen LogP contribution in [-0.2, 0) is 20.1 Å². The van der Waals surface area contributed by atoms with E-state index in [9.17, 15) is 0 Å². The standard InChI is InChI=1S/C14H16BrClN2O/c1-4-11-14(15)12(18(3)17-11)8-19-13-7-9(2)5-6-10(13)16/h5-7H,4,8H2,1-3H3. The molecule has 3 nitrogen and oxygen atoms in total. The molecular formula is C14H16BrClN2O. The highest BCUT2D eigenvalue weighted by Crippen LogP contribution is 2.28. The summed E-state index contributed by atoms with van der Waals surface area (Å²) in [4.78, 5) is 0. The molecule has 0 fully saturated rings. The zero-order valence-corrected chi connectivity index (χ0v) is 13.5. The van der Waals surface area contributed by atoms with Gasteiger partial charge in [-0.05, 0) is 47.0 Å². The smallest absolute Gasteiger partial charge is 0.138 e. The predicted octanol–water partition coefficient (Wildman–Crippen LogP) is 4.29. The molecule has 0 atom stereocenters. The molecule has 1 heterocycles. The van der Waals surface area contributed by atoms with Gasteiger partial charge in [-0.3, -0.25) is 4.68 Å². The molecule has 1 aromatic heterocycles. The number of benzene rings is 1. The monoisotopic (exact) mass is 342 g/mol. The lowest BCUT2D eigenvalue weighted by Crippen LogP contribution is -2.04. The molecule has 5 heteroatoms. The molecule has 0 bridgehead atoms. The number of ether oxygens (including phenoxy) is 1. The fourth-order valence-electron chi connectivity index (χ4n) is 1.84. The van der Waals surface area contributed by atoms with E-state index in [-0.39, 0.29) is 0 Å². The van der Waals surface area contributed by atoms with Gasteiger partial charge in [-0.15, -0.1) is 0 Å². The molecule has 2 aromatic rings. The van der Waals surface area contributed by atoms with Gasteiger partial charge in [0.15, 0.2) is 0 Å². The van der Waals surface area contributed by atoms with Crippen LogP contribution in [0.5, 0.6) is 5.75 Å². The van der Waals surface area contributed by atoms with Crippen molar-refractivity contribution in [1.82, 2.24) is 9.78 Å². The van der Waals surface area contributed by atoms with Crippen LogP contribution in [0.15, 0.2) is 22.7 Å². The van der Waals surface area contributed by atoms with Crippen LogP contribution in [0.2, 0.25) is 5.02 Å². The molecule has 0 aliphatic rings. The predicted molar refractivity (Wildman–Crippen MR) is 80.8 cm³/mol. The van der Waals surface area contributed by atoms with Crippen LogP contribution in [0.1, 0.15) is 23.9 Å². The van der Waals surface area contributed by atoms with Crippen LogP contribution in [0.4, 0.5) is 0 Å². The van der Waals surface area contributed by atoms with E-state index in [1.807, 2.05) is 36.9 Å². The quantitative estimate of drug-likeness (QED) is 0.828. The van der Waals surface area contributed by atoms with Crippen molar-refractivity contribution in [3.05, 3.63) is 44.6 Å². The maximum atomic E-state index is 6.12. The second-order valence-corrected chi connectivity index (χ2v) is 5.61. The lowest BCUT2D eigenvalue weighted by atomic mass is 10.2. The van der Waals surface area contributed by atoms with E-state index >= 15 is 0 Å². The highest BCUT2D eigenvalue weighted by molar-refractivity contribution is 9.10. The van der Waals surface area contributed by atoms with Crippen molar-refractivity contribution in [2.45, 2.75) is 26.9 Å². The van der Waals surface area contributed by atoms with Gasteiger partial charge in [0, 0.05) is 7.05 Å². The molecule has 0 aliphatic heterocycles. The number of nitrogens with zero attached hydrogens (tertiary/aromatic N) is 2. The SMILES string of the molecule is CCc1nn(C)c(COc2cc(C)ccc2Cl)c1Br. The van der Waals surface area contributed by atoms with Crippen molar-refractivity contribution in [1.29, 1.82) is 0 Å². The van der Waals surface area contributed by atoms with Gasteiger partial charge in [0.2, 0.25) is 0 Å². The summed E-state index contributed by atoms with van der Waals surface area (Å²) in [6, 6.07) is 5.75. The second-order valence-electron chi connectivity index (χ2n) is 4.41. The van der Waals surface area contributed by atoms with Gasteiger partial charge >= 0.3 is 0 Å². The Hall–Kier alpha value is -1.000. The Balaban J connectivity index is 2.19. The molecule has 0 saturated carbocycles. The zero-order chi connectivity index (χ0) is 14.0. The van der Waals surface area contributed by atoms with E-state index in [1.165, 1.54) is 0 Å². The summed E-state index contributed by atoms with van der Waals surface area (Å²) in [5.74, 6) is 0.702. The topological polar surface area (TPSA) is 27.1 Å². The first-order valence-corrected chi connectivity index (χ1v) is 7.29. The van der Waals surface area contributed by atoms with E-state index in [0.29, 0.717) is 17.4 Å². The minimum absolute atomic E-state index is 0.438. The average molecular weight is 344 g/mol. The van der Waals surface area contributed by atoms with Gasteiger partial charge in [0.1, 0.15) is 12.4 Å².